The van der Waals surface area contributed by atoms with Crippen LogP contribution < -0.4 is 4.74 Å². The molecule has 0 aromatic heterocycles. The van der Waals surface area contributed by atoms with E-state index in [1.54, 1.807) is 0 Å². The van der Waals surface area contributed by atoms with E-state index in [2.05, 4.69) is 0 Å². The van der Waals surface area contributed by atoms with Crippen LogP contribution in [0.5, 0.6) is 5.75 Å². The zero-order valence-corrected chi connectivity index (χ0v) is 14.0. The number of piperidine rings is 1. The summed E-state index contributed by atoms with van der Waals surface area (Å²) in [6, 6.07) is 9.23. The third kappa shape index (κ3) is 5.43. The van der Waals surface area contributed by atoms with Crippen LogP contribution in [0.4, 0.5) is 0 Å². The number of aliphatic hydroxyl groups is 4. The molecule has 0 amide bonds. The van der Waals surface area contributed by atoms with Gasteiger partial charge in [0.05, 0.1) is 25.4 Å². The molecule has 1 heterocycles. The largest absolute Gasteiger partial charge is 0.494 e. The Morgan fingerprint density at radius 2 is 1.67 bits per heavy atom. The van der Waals surface area contributed by atoms with Crippen molar-refractivity contribution in [3.8, 4) is 5.75 Å². The fraction of sp³-hybridized carbons (Fsp3) is 0.667. The van der Waals surface area contributed by atoms with Gasteiger partial charge in [-0.15, -0.1) is 0 Å². The van der Waals surface area contributed by atoms with E-state index in [1.807, 2.05) is 35.2 Å². The zero-order chi connectivity index (χ0) is 17.4. The van der Waals surface area contributed by atoms with Crippen LogP contribution in [0.3, 0.4) is 0 Å². The zero-order valence-electron chi connectivity index (χ0n) is 14.0. The van der Waals surface area contributed by atoms with E-state index in [-0.39, 0.29) is 13.2 Å². The lowest BCUT2D eigenvalue weighted by atomic mass is 9.94. The Kier molecular flexibility index (Phi) is 7.94. The Balaban J connectivity index is 1.59. The number of nitrogens with zero attached hydrogens (tertiary/aromatic N) is 1. The van der Waals surface area contributed by atoms with Crippen LogP contribution in [0.15, 0.2) is 30.3 Å². The Bertz CT molecular complexity index is 458. The van der Waals surface area contributed by atoms with Gasteiger partial charge in [0.1, 0.15) is 18.0 Å². The van der Waals surface area contributed by atoms with E-state index in [1.165, 1.54) is 0 Å². The third-order valence-corrected chi connectivity index (χ3v) is 4.57. The molecule has 4 atom stereocenters. The highest BCUT2D eigenvalue weighted by molar-refractivity contribution is 5.20. The molecule has 0 radical (unpaired) electrons. The molecule has 1 saturated heterocycles. The summed E-state index contributed by atoms with van der Waals surface area (Å²) < 4.78 is 5.64. The van der Waals surface area contributed by atoms with Crippen LogP contribution in [0, 0.1) is 0 Å². The topological polar surface area (TPSA) is 93.4 Å². The number of hydrogen-bond donors (Lipinski definition) is 4. The van der Waals surface area contributed by atoms with Gasteiger partial charge in [0.25, 0.3) is 0 Å². The normalized spacial score (nSPS) is 28.0. The summed E-state index contributed by atoms with van der Waals surface area (Å²) in [5.41, 5.74) is 0. The molecule has 1 aliphatic heterocycles. The van der Waals surface area contributed by atoms with Crippen molar-refractivity contribution < 1.29 is 25.2 Å². The minimum Gasteiger partial charge on any atom is -0.494 e. The Morgan fingerprint density at radius 3 is 2.38 bits per heavy atom. The fourth-order valence-corrected chi connectivity index (χ4v) is 3.11. The van der Waals surface area contributed by atoms with E-state index in [0.717, 1.165) is 31.4 Å². The molecule has 0 unspecified atom stereocenters. The molecule has 0 saturated carbocycles. The SMILES string of the molecule is OC[C@@H]1[C@@H](O)[C@H](O)[C@@H](O)CN1CCCCCCOc1ccccc1. The first-order chi connectivity index (χ1) is 11.6. The van der Waals surface area contributed by atoms with E-state index in [4.69, 9.17) is 4.74 Å². The van der Waals surface area contributed by atoms with Gasteiger partial charge in [-0.1, -0.05) is 31.0 Å². The van der Waals surface area contributed by atoms with Gasteiger partial charge in [-0.25, -0.2) is 0 Å². The van der Waals surface area contributed by atoms with E-state index >= 15 is 0 Å². The summed E-state index contributed by atoms with van der Waals surface area (Å²) >= 11 is 0. The van der Waals surface area contributed by atoms with Gasteiger partial charge in [-0.2, -0.15) is 0 Å². The molecule has 0 aliphatic carbocycles. The van der Waals surface area contributed by atoms with Crippen LogP contribution in [0.1, 0.15) is 25.7 Å². The van der Waals surface area contributed by atoms with Crippen molar-refractivity contribution in [1.29, 1.82) is 0 Å². The average molecular weight is 339 g/mol. The molecule has 2 rings (SSSR count). The predicted molar refractivity (Wildman–Crippen MR) is 90.9 cm³/mol. The summed E-state index contributed by atoms with van der Waals surface area (Å²) in [4.78, 5) is 1.86. The Hall–Kier alpha value is -1.18. The van der Waals surface area contributed by atoms with Crippen molar-refractivity contribution in [2.75, 3.05) is 26.3 Å². The van der Waals surface area contributed by atoms with Gasteiger partial charge < -0.3 is 25.2 Å². The third-order valence-electron chi connectivity index (χ3n) is 4.57. The lowest BCUT2D eigenvalue weighted by Crippen LogP contribution is -2.62. The number of ether oxygens (including phenoxy) is 1. The maximum Gasteiger partial charge on any atom is 0.119 e. The maximum absolute atomic E-state index is 9.93. The van der Waals surface area contributed by atoms with Crippen molar-refractivity contribution in [2.24, 2.45) is 0 Å². The van der Waals surface area contributed by atoms with E-state index < -0.39 is 24.4 Å². The van der Waals surface area contributed by atoms with Gasteiger partial charge in [0, 0.05) is 6.54 Å². The molecule has 1 fully saturated rings. The second-order valence-corrected chi connectivity index (χ2v) is 6.37. The van der Waals surface area contributed by atoms with Crippen molar-refractivity contribution in [3.63, 3.8) is 0 Å². The highest BCUT2D eigenvalue weighted by Gasteiger charge is 2.40. The number of aliphatic hydroxyl groups excluding tert-OH is 4. The summed E-state index contributed by atoms with van der Waals surface area (Å²) in [7, 11) is 0. The first kappa shape index (κ1) is 19.1. The Morgan fingerprint density at radius 1 is 0.958 bits per heavy atom. The highest BCUT2D eigenvalue weighted by Crippen LogP contribution is 2.19. The second-order valence-electron chi connectivity index (χ2n) is 6.37. The first-order valence-corrected chi connectivity index (χ1v) is 8.70. The van der Waals surface area contributed by atoms with Crippen LogP contribution in [-0.2, 0) is 0 Å². The number of hydrogen-bond acceptors (Lipinski definition) is 6. The van der Waals surface area contributed by atoms with Gasteiger partial charge in [-0.3, -0.25) is 4.90 Å². The second kappa shape index (κ2) is 9.96. The molecular weight excluding hydrogens is 310 g/mol. The molecule has 1 aromatic carbocycles. The molecule has 4 N–H and O–H groups in total. The van der Waals surface area contributed by atoms with E-state index in [9.17, 15) is 20.4 Å². The molecule has 1 aliphatic rings. The summed E-state index contributed by atoms with van der Waals surface area (Å²) in [6.07, 6.45) is 0.674. The summed E-state index contributed by atoms with van der Waals surface area (Å²) in [5, 5.41) is 38.8. The van der Waals surface area contributed by atoms with Crippen molar-refractivity contribution in [2.45, 2.75) is 50.0 Å². The van der Waals surface area contributed by atoms with Crippen LogP contribution in [0.25, 0.3) is 0 Å². The number of β-amino-alcohol motifs (C(OH)–C–C–N with tert-alkyl or cyclic N) is 1. The minimum absolute atomic E-state index is 0.226. The number of para-hydroxylation sites is 1. The van der Waals surface area contributed by atoms with Crippen molar-refractivity contribution in [3.05, 3.63) is 30.3 Å². The van der Waals surface area contributed by atoms with Crippen LogP contribution in [-0.4, -0.2) is 76.0 Å². The molecule has 136 valence electrons. The lowest BCUT2D eigenvalue weighted by molar-refractivity contribution is -0.145. The molecule has 6 heteroatoms. The van der Waals surface area contributed by atoms with Crippen LogP contribution >= 0.6 is 0 Å². The number of likely N-dealkylation sites (tertiary alicyclic amines) is 1. The standard InChI is InChI=1S/C18H29NO5/c20-13-15-17(22)18(23)16(21)12-19(15)10-6-1-2-7-11-24-14-8-4-3-5-9-14/h3-5,8-9,15-18,20-23H,1-2,6-7,10-13H2/t15-,16+,17-,18-/m1/s1. The van der Waals surface area contributed by atoms with Gasteiger partial charge in [0.2, 0.25) is 0 Å². The van der Waals surface area contributed by atoms with E-state index in [0.29, 0.717) is 13.2 Å². The number of benzene rings is 1. The smallest absolute Gasteiger partial charge is 0.119 e. The van der Waals surface area contributed by atoms with Gasteiger partial charge in [-0.05, 0) is 31.5 Å². The quantitative estimate of drug-likeness (QED) is 0.486. The monoisotopic (exact) mass is 339 g/mol. The first-order valence-electron chi connectivity index (χ1n) is 8.70. The Labute approximate surface area is 143 Å². The minimum atomic E-state index is -1.19. The number of rotatable bonds is 9. The molecule has 0 bridgehead atoms. The van der Waals surface area contributed by atoms with Gasteiger partial charge in [0.15, 0.2) is 0 Å². The fourth-order valence-electron chi connectivity index (χ4n) is 3.11. The molecule has 24 heavy (non-hydrogen) atoms. The molecule has 6 nitrogen and oxygen atoms in total. The van der Waals surface area contributed by atoms with Crippen molar-refractivity contribution >= 4 is 0 Å². The average Bonchev–Trinajstić information content (AvgIpc) is 2.60. The molecule has 1 aromatic rings. The maximum atomic E-state index is 9.93. The van der Waals surface area contributed by atoms with Gasteiger partial charge >= 0.3 is 0 Å². The summed E-state index contributed by atoms with van der Waals surface area (Å²) in [5.74, 6) is 0.887. The van der Waals surface area contributed by atoms with Crippen molar-refractivity contribution in [1.82, 2.24) is 4.90 Å². The predicted octanol–water partition coefficient (Wildman–Crippen LogP) is 0.385. The number of unbranched alkanes of at least 4 members (excludes halogenated alkanes) is 3. The summed E-state index contributed by atoms with van der Waals surface area (Å²) in [6.45, 7) is 1.43. The van der Waals surface area contributed by atoms with Crippen LogP contribution in [0.2, 0.25) is 0 Å². The molecular formula is C18H29NO5. The lowest BCUT2D eigenvalue weighted by Gasteiger charge is -2.43. The highest BCUT2D eigenvalue weighted by atomic mass is 16.5. The molecule has 0 spiro atoms.